The maximum atomic E-state index is 4.58. The Morgan fingerprint density at radius 1 is 1.39 bits per heavy atom. The first-order valence-electron chi connectivity index (χ1n) is 6.64. The molecule has 1 aromatic rings. The summed E-state index contributed by atoms with van der Waals surface area (Å²) in [5, 5.41) is 7.75. The van der Waals surface area contributed by atoms with Gasteiger partial charge in [-0.2, -0.15) is 0 Å². The SMILES string of the molecule is CCNC(=NCc1nc(C)c(C)s1)NCC1CC1. The van der Waals surface area contributed by atoms with Crippen molar-refractivity contribution in [1.82, 2.24) is 15.6 Å². The van der Waals surface area contributed by atoms with Gasteiger partial charge in [0.1, 0.15) is 5.01 Å². The van der Waals surface area contributed by atoms with Crippen molar-refractivity contribution in [3.63, 3.8) is 0 Å². The molecule has 0 unspecified atom stereocenters. The summed E-state index contributed by atoms with van der Waals surface area (Å²) < 4.78 is 0. The molecule has 2 rings (SSSR count). The smallest absolute Gasteiger partial charge is 0.191 e. The summed E-state index contributed by atoms with van der Waals surface area (Å²) in [6.07, 6.45) is 2.72. The van der Waals surface area contributed by atoms with Crippen LogP contribution in [-0.2, 0) is 6.54 Å². The van der Waals surface area contributed by atoms with Gasteiger partial charge in [-0.05, 0) is 39.5 Å². The van der Waals surface area contributed by atoms with Gasteiger partial charge in [-0.3, -0.25) is 0 Å². The number of aromatic nitrogens is 1. The Hall–Kier alpha value is -1.10. The average Bonchev–Trinajstić information content (AvgIpc) is 3.11. The Morgan fingerprint density at radius 2 is 2.17 bits per heavy atom. The zero-order valence-corrected chi connectivity index (χ0v) is 12.2. The predicted molar refractivity (Wildman–Crippen MR) is 77.1 cm³/mol. The first-order chi connectivity index (χ1) is 8.69. The molecular formula is C13H22N4S. The van der Waals surface area contributed by atoms with Crippen LogP contribution in [0.25, 0.3) is 0 Å². The molecule has 0 aromatic carbocycles. The topological polar surface area (TPSA) is 49.3 Å². The standard InChI is InChI=1S/C13H22N4S/c1-4-14-13(15-7-11-5-6-11)16-8-12-17-9(2)10(3)18-12/h11H,4-8H2,1-3H3,(H2,14,15,16). The predicted octanol–water partition coefficient (Wildman–Crippen LogP) is 2.23. The zero-order chi connectivity index (χ0) is 13.0. The number of aliphatic imine (C=N–C) groups is 1. The first-order valence-corrected chi connectivity index (χ1v) is 7.45. The van der Waals surface area contributed by atoms with Gasteiger partial charge in [0, 0.05) is 18.0 Å². The van der Waals surface area contributed by atoms with E-state index in [4.69, 9.17) is 0 Å². The first kappa shape index (κ1) is 13.3. The maximum absolute atomic E-state index is 4.58. The quantitative estimate of drug-likeness (QED) is 0.634. The molecule has 1 heterocycles. The van der Waals surface area contributed by atoms with Crippen LogP contribution in [0.1, 0.15) is 35.3 Å². The summed E-state index contributed by atoms with van der Waals surface area (Å²) in [5.41, 5.74) is 1.13. The number of nitrogens with one attached hydrogen (secondary N) is 2. The van der Waals surface area contributed by atoms with E-state index in [2.05, 4.69) is 41.4 Å². The summed E-state index contributed by atoms with van der Waals surface area (Å²) in [6.45, 7) is 8.85. The second kappa shape index (κ2) is 6.18. The van der Waals surface area contributed by atoms with Gasteiger partial charge >= 0.3 is 0 Å². The highest BCUT2D eigenvalue weighted by molar-refractivity contribution is 7.11. The van der Waals surface area contributed by atoms with Gasteiger partial charge in [0.25, 0.3) is 0 Å². The minimum Gasteiger partial charge on any atom is -0.357 e. The molecule has 100 valence electrons. The second-order valence-corrected chi connectivity index (χ2v) is 6.06. The lowest BCUT2D eigenvalue weighted by Gasteiger charge is -2.09. The lowest BCUT2D eigenvalue weighted by atomic mass is 10.4. The van der Waals surface area contributed by atoms with E-state index in [9.17, 15) is 0 Å². The van der Waals surface area contributed by atoms with Crippen molar-refractivity contribution in [3.05, 3.63) is 15.6 Å². The zero-order valence-electron chi connectivity index (χ0n) is 11.4. The van der Waals surface area contributed by atoms with Gasteiger partial charge in [0.05, 0.1) is 12.2 Å². The summed E-state index contributed by atoms with van der Waals surface area (Å²) in [7, 11) is 0. The Labute approximate surface area is 113 Å². The van der Waals surface area contributed by atoms with Crippen molar-refractivity contribution >= 4 is 17.3 Å². The third-order valence-electron chi connectivity index (χ3n) is 3.04. The fourth-order valence-corrected chi connectivity index (χ4v) is 2.52. The largest absolute Gasteiger partial charge is 0.357 e. The van der Waals surface area contributed by atoms with Gasteiger partial charge in [0.15, 0.2) is 5.96 Å². The molecule has 0 atom stereocenters. The van der Waals surface area contributed by atoms with Crippen LogP contribution in [0.4, 0.5) is 0 Å². The molecule has 5 heteroatoms. The fraction of sp³-hybridized carbons (Fsp3) is 0.692. The van der Waals surface area contributed by atoms with Gasteiger partial charge in [-0.25, -0.2) is 9.98 Å². The third kappa shape index (κ3) is 3.98. The summed E-state index contributed by atoms with van der Waals surface area (Å²) in [6, 6.07) is 0. The Kier molecular flexibility index (Phi) is 4.58. The molecule has 1 aliphatic carbocycles. The van der Waals surface area contributed by atoms with Gasteiger partial charge in [-0.1, -0.05) is 0 Å². The molecule has 1 aliphatic rings. The van der Waals surface area contributed by atoms with Gasteiger partial charge < -0.3 is 10.6 Å². The average molecular weight is 266 g/mol. The number of guanidine groups is 1. The summed E-state index contributed by atoms with van der Waals surface area (Å²) >= 11 is 1.74. The number of rotatable bonds is 5. The number of hydrogen-bond donors (Lipinski definition) is 2. The number of nitrogens with zero attached hydrogens (tertiary/aromatic N) is 2. The van der Waals surface area contributed by atoms with E-state index >= 15 is 0 Å². The van der Waals surface area contributed by atoms with Crippen LogP contribution in [0.3, 0.4) is 0 Å². The normalized spacial score (nSPS) is 15.8. The highest BCUT2D eigenvalue weighted by Crippen LogP contribution is 2.27. The minimum atomic E-state index is 0.666. The van der Waals surface area contributed by atoms with E-state index in [0.29, 0.717) is 6.54 Å². The Balaban J connectivity index is 1.89. The van der Waals surface area contributed by atoms with Crippen LogP contribution in [0.15, 0.2) is 4.99 Å². The Morgan fingerprint density at radius 3 is 2.72 bits per heavy atom. The van der Waals surface area contributed by atoms with Crippen molar-refractivity contribution in [1.29, 1.82) is 0 Å². The van der Waals surface area contributed by atoms with E-state index in [0.717, 1.165) is 35.7 Å². The number of aryl methyl sites for hydroxylation is 2. The molecule has 1 fully saturated rings. The lowest BCUT2D eigenvalue weighted by molar-refractivity contribution is 0.739. The van der Waals surface area contributed by atoms with Crippen LogP contribution in [0.2, 0.25) is 0 Å². The van der Waals surface area contributed by atoms with Crippen molar-refractivity contribution in [2.45, 2.75) is 40.2 Å². The molecule has 2 N–H and O–H groups in total. The maximum Gasteiger partial charge on any atom is 0.191 e. The fourth-order valence-electron chi connectivity index (χ4n) is 1.66. The van der Waals surface area contributed by atoms with Crippen LogP contribution in [-0.4, -0.2) is 24.0 Å². The van der Waals surface area contributed by atoms with Crippen LogP contribution < -0.4 is 10.6 Å². The van der Waals surface area contributed by atoms with E-state index in [1.165, 1.54) is 17.7 Å². The van der Waals surface area contributed by atoms with Crippen LogP contribution in [0, 0.1) is 19.8 Å². The number of hydrogen-bond acceptors (Lipinski definition) is 3. The number of thiazole rings is 1. The molecule has 0 spiro atoms. The Bertz CT molecular complexity index is 401. The van der Waals surface area contributed by atoms with Crippen LogP contribution >= 0.6 is 11.3 Å². The molecule has 1 saturated carbocycles. The molecule has 0 aliphatic heterocycles. The molecule has 0 bridgehead atoms. The van der Waals surface area contributed by atoms with E-state index < -0.39 is 0 Å². The van der Waals surface area contributed by atoms with E-state index in [1.807, 2.05) is 0 Å². The van der Waals surface area contributed by atoms with E-state index in [1.54, 1.807) is 11.3 Å². The highest BCUT2D eigenvalue weighted by atomic mass is 32.1. The highest BCUT2D eigenvalue weighted by Gasteiger charge is 2.21. The van der Waals surface area contributed by atoms with E-state index in [-0.39, 0.29) is 0 Å². The molecule has 0 saturated heterocycles. The molecule has 4 nitrogen and oxygen atoms in total. The van der Waals surface area contributed by atoms with Gasteiger partial charge in [-0.15, -0.1) is 11.3 Å². The van der Waals surface area contributed by atoms with Crippen molar-refractivity contribution < 1.29 is 0 Å². The lowest BCUT2D eigenvalue weighted by Crippen LogP contribution is -2.38. The monoisotopic (exact) mass is 266 g/mol. The summed E-state index contributed by atoms with van der Waals surface area (Å²) in [5.74, 6) is 1.77. The van der Waals surface area contributed by atoms with Gasteiger partial charge in [0.2, 0.25) is 0 Å². The summed E-state index contributed by atoms with van der Waals surface area (Å²) in [4.78, 5) is 10.4. The van der Waals surface area contributed by atoms with Crippen LogP contribution in [0.5, 0.6) is 0 Å². The molecule has 18 heavy (non-hydrogen) atoms. The molecule has 0 radical (unpaired) electrons. The molecule has 0 amide bonds. The second-order valence-electron chi connectivity index (χ2n) is 4.77. The minimum absolute atomic E-state index is 0.666. The van der Waals surface area contributed by atoms with Crippen molar-refractivity contribution in [3.8, 4) is 0 Å². The molecule has 1 aromatic heterocycles. The third-order valence-corrected chi connectivity index (χ3v) is 4.10. The van der Waals surface area contributed by atoms with Crippen molar-refractivity contribution in [2.24, 2.45) is 10.9 Å². The van der Waals surface area contributed by atoms with Crippen molar-refractivity contribution in [2.75, 3.05) is 13.1 Å². The molecular weight excluding hydrogens is 244 g/mol.